The molecule has 0 amide bonds. The molecule has 1 nitrogen and oxygen atoms in total. The third-order valence-corrected chi connectivity index (χ3v) is 8.98. The lowest BCUT2D eigenvalue weighted by molar-refractivity contribution is -0.0443. The van der Waals surface area contributed by atoms with Crippen molar-refractivity contribution in [1.82, 2.24) is 0 Å². The number of hydrogen-bond acceptors (Lipinski definition) is 1. The largest absolute Gasteiger partial charge is 0.349 e. The molecule has 0 spiro atoms. The number of ether oxygens (including phenoxy) is 1. The van der Waals surface area contributed by atoms with Crippen molar-refractivity contribution in [3.8, 4) is 0 Å². The quantitative estimate of drug-likeness (QED) is 0.324. The fourth-order valence-corrected chi connectivity index (χ4v) is 7.84. The summed E-state index contributed by atoms with van der Waals surface area (Å²) >= 11 is 0. The number of rotatable bonds is 4. The zero-order valence-corrected chi connectivity index (χ0v) is 19.0. The van der Waals surface area contributed by atoms with Crippen LogP contribution in [-0.4, -0.2) is 0 Å². The molecule has 2 saturated carbocycles. The molecule has 1 heteroatoms. The van der Waals surface area contributed by atoms with Crippen LogP contribution in [0, 0.1) is 23.7 Å². The third-order valence-electron chi connectivity index (χ3n) is 8.98. The molecule has 1 saturated heterocycles. The summed E-state index contributed by atoms with van der Waals surface area (Å²) in [6.07, 6.45) is 1.34. The van der Waals surface area contributed by atoms with Crippen LogP contribution in [0.25, 0.3) is 11.1 Å². The van der Waals surface area contributed by atoms with Crippen LogP contribution in [0.4, 0.5) is 0 Å². The van der Waals surface area contributed by atoms with E-state index in [-0.39, 0.29) is 0 Å². The zero-order chi connectivity index (χ0) is 22.3. The maximum Gasteiger partial charge on any atom is 0.124 e. The van der Waals surface area contributed by atoms with Gasteiger partial charge in [0.15, 0.2) is 0 Å². The van der Waals surface area contributed by atoms with Crippen LogP contribution in [0.3, 0.4) is 0 Å². The van der Waals surface area contributed by atoms with Gasteiger partial charge in [0.25, 0.3) is 0 Å². The zero-order valence-electron chi connectivity index (χ0n) is 19.0. The van der Waals surface area contributed by atoms with Gasteiger partial charge in [0, 0.05) is 23.0 Å². The van der Waals surface area contributed by atoms with Crippen molar-refractivity contribution < 1.29 is 4.74 Å². The van der Waals surface area contributed by atoms with Gasteiger partial charge in [-0.05, 0) is 40.5 Å². The highest BCUT2D eigenvalue weighted by Crippen LogP contribution is 2.85. The number of benzene rings is 4. The minimum atomic E-state index is -0.425. The van der Waals surface area contributed by atoms with E-state index in [9.17, 15) is 0 Å². The van der Waals surface area contributed by atoms with Crippen LogP contribution in [0.5, 0.6) is 0 Å². The Bertz CT molecular complexity index is 1300. The molecule has 6 unspecified atom stereocenters. The summed E-state index contributed by atoms with van der Waals surface area (Å²) < 4.78 is 7.67. The predicted molar refractivity (Wildman–Crippen MR) is 136 cm³/mol. The second-order valence-corrected chi connectivity index (χ2v) is 10.4. The molecule has 8 rings (SSSR count). The monoisotopic (exact) mass is 438 g/mol. The first kappa shape index (κ1) is 18.9. The summed E-state index contributed by atoms with van der Waals surface area (Å²) in [6, 6.07) is 44.2. The number of hydrogen-bond donors (Lipinski definition) is 0. The third kappa shape index (κ3) is 2.15. The second kappa shape index (κ2) is 6.58. The van der Waals surface area contributed by atoms with Gasteiger partial charge in [-0.3, -0.25) is 0 Å². The molecule has 34 heavy (non-hydrogen) atoms. The fourth-order valence-electron chi connectivity index (χ4n) is 7.84. The summed E-state index contributed by atoms with van der Waals surface area (Å²) in [5, 5.41) is 0. The van der Waals surface area contributed by atoms with E-state index in [0.717, 1.165) is 11.8 Å². The highest BCUT2D eigenvalue weighted by molar-refractivity contribution is 6.03. The van der Waals surface area contributed by atoms with Gasteiger partial charge in [0.2, 0.25) is 0 Å². The molecule has 0 radical (unpaired) electrons. The number of fused-ring (bicyclic) bond motifs is 8. The molecule has 164 valence electrons. The molecule has 2 aliphatic carbocycles. The molecule has 6 atom stereocenters. The minimum Gasteiger partial charge on any atom is -0.349 e. The van der Waals surface area contributed by atoms with Gasteiger partial charge in [-0.15, -0.1) is 0 Å². The van der Waals surface area contributed by atoms with Crippen LogP contribution in [0.2, 0.25) is 0 Å². The standard InChI is InChI=1S/C33H26O/c1-5-13-22(14-6-1)28-29(23-15-7-2-8-16-23)33(25-19-11-4-12-20-25)31-27-21-26(27)30(31)32(28,34-33)24-17-9-3-10-18-24/h1-20,26-27,30-31H,21H2. The molecule has 4 aromatic rings. The maximum absolute atomic E-state index is 7.67. The summed E-state index contributed by atoms with van der Waals surface area (Å²) in [5.74, 6) is 2.57. The van der Waals surface area contributed by atoms with Crippen molar-refractivity contribution >= 4 is 11.1 Å². The molecule has 2 aliphatic heterocycles. The van der Waals surface area contributed by atoms with E-state index in [4.69, 9.17) is 4.74 Å². The van der Waals surface area contributed by atoms with Crippen LogP contribution >= 0.6 is 0 Å². The topological polar surface area (TPSA) is 9.23 Å². The van der Waals surface area contributed by atoms with Crippen molar-refractivity contribution in [2.75, 3.05) is 0 Å². The van der Waals surface area contributed by atoms with Gasteiger partial charge in [-0.25, -0.2) is 0 Å². The average molecular weight is 439 g/mol. The summed E-state index contributed by atoms with van der Waals surface area (Å²) in [4.78, 5) is 0. The Morgan fingerprint density at radius 2 is 0.824 bits per heavy atom. The Labute approximate surface area is 200 Å². The van der Waals surface area contributed by atoms with Crippen molar-refractivity contribution in [2.24, 2.45) is 23.7 Å². The van der Waals surface area contributed by atoms with Crippen molar-refractivity contribution in [2.45, 2.75) is 17.6 Å². The molecule has 2 bridgehead atoms. The predicted octanol–water partition coefficient (Wildman–Crippen LogP) is 7.31. The second-order valence-electron chi connectivity index (χ2n) is 10.4. The molecule has 2 heterocycles. The van der Waals surface area contributed by atoms with E-state index in [1.165, 1.54) is 39.8 Å². The highest BCUT2D eigenvalue weighted by atomic mass is 16.5. The van der Waals surface area contributed by atoms with E-state index in [0.29, 0.717) is 11.8 Å². The minimum absolute atomic E-state index is 0.425. The molecule has 0 N–H and O–H groups in total. The van der Waals surface area contributed by atoms with Crippen LogP contribution < -0.4 is 0 Å². The van der Waals surface area contributed by atoms with Crippen LogP contribution in [0.1, 0.15) is 28.7 Å². The summed E-state index contributed by atoms with van der Waals surface area (Å²) in [7, 11) is 0. The lowest BCUT2D eigenvalue weighted by Crippen LogP contribution is -2.48. The Hall–Kier alpha value is -3.42. The van der Waals surface area contributed by atoms with E-state index in [1.54, 1.807) is 0 Å². The molecule has 4 aromatic carbocycles. The lowest BCUT2D eigenvalue weighted by Gasteiger charge is -2.48. The van der Waals surface area contributed by atoms with Gasteiger partial charge in [0.1, 0.15) is 11.2 Å². The Kier molecular flexibility index (Phi) is 3.67. The van der Waals surface area contributed by atoms with E-state index < -0.39 is 11.2 Å². The van der Waals surface area contributed by atoms with Gasteiger partial charge < -0.3 is 4.74 Å². The van der Waals surface area contributed by atoms with E-state index >= 15 is 0 Å². The lowest BCUT2D eigenvalue weighted by atomic mass is 9.51. The first-order valence-corrected chi connectivity index (χ1v) is 12.5. The summed E-state index contributed by atoms with van der Waals surface area (Å²) in [6.45, 7) is 0. The Morgan fingerprint density at radius 3 is 1.21 bits per heavy atom. The van der Waals surface area contributed by atoms with Gasteiger partial charge in [0.05, 0.1) is 0 Å². The average Bonchev–Trinajstić information content (AvgIpc) is 3.40. The van der Waals surface area contributed by atoms with Crippen molar-refractivity contribution in [1.29, 1.82) is 0 Å². The van der Waals surface area contributed by atoms with Crippen LogP contribution in [0.15, 0.2) is 121 Å². The van der Waals surface area contributed by atoms with Crippen LogP contribution in [-0.2, 0) is 15.9 Å². The Balaban J connectivity index is 1.54. The smallest absolute Gasteiger partial charge is 0.124 e. The first-order chi connectivity index (χ1) is 16.9. The first-order valence-electron chi connectivity index (χ1n) is 12.5. The van der Waals surface area contributed by atoms with E-state index in [1.807, 2.05) is 0 Å². The normalized spacial score (nSPS) is 34.4. The summed E-state index contributed by atoms with van der Waals surface area (Å²) in [5.41, 5.74) is 7.08. The maximum atomic E-state index is 7.67. The molecule has 4 aliphatic rings. The van der Waals surface area contributed by atoms with Gasteiger partial charge in [-0.1, -0.05) is 121 Å². The molecular formula is C33H26O. The van der Waals surface area contributed by atoms with Gasteiger partial charge >= 0.3 is 0 Å². The Morgan fingerprint density at radius 1 is 0.471 bits per heavy atom. The van der Waals surface area contributed by atoms with Crippen molar-refractivity contribution in [3.05, 3.63) is 144 Å². The SMILES string of the molecule is c1ccc(C2=C(c3ccccc3)C3(c4ccccc4)OC2(c2ccccc2)C2C4CC4C23)cc1. The van der Waals surface area contributed by atoms with E-state index in [2.05, 4.69) is 121 Å². The highest BCUT2D eigenvalue weighted by Gasteiger charge is 2.84. The van der Waals surface area contributed by atoms with Crippen molar-refractivity contribution in [3.63, 3.8) is 0 Å². The molecule has 0 aromatic heterocycles. The molecular weight excluding hydrogens is 412 g/mol. The molecule has 3 fully saturated rings. The fraction of sp³-hybridized carbons (Fsp3) is 0.212. The van der Waals surface area contributed by atoms with Gasteiger partial charge in [-0.2, -0.15) is 0 Å².